The Bertz CT molecular complexity index is 964. The number of carbonyl (C=O) groups excluding carboxylic acids is 1. The van der Waals surface area contributed by atoms with Crippen LogP contribution in [0.3, 0.4) is 0 Å². The molecule has 1 N–H and O–H groups in total. The molecule has 4 rings (SSSR count). The van der Waals surface area contributed by atoms with Gasteiger partial charge in [0.1, 0.15) is 25.1 Å². The molecule has 6 heteroatoms. The predicted octanol–water partition coefficient (Wildman–Crippen LogP) is 4.72. The Hall–Kier alpha value is -3.35. The van der Waals surface area contributed by atoms with Crippen LogP contribution in [0.5, 0.6) is 5.75 Å². The Labute approximate surface area is 188 Å². The van der Waals surface area contributed by atoms with Crippen LogP contribution in [-0.4, -0.2) is 43.4 Å². The summed E-state index contributed by atoms with van der Waals surface area (Å²) in [4.78, 5) is 14.5. The largest absolute Gasteiger partial charge is 0.489 e. The highest BCUT2D eigenvalue weighted by Crippen LogP contribution is 2.17. The normalized spacial score (nSPS) is 16.3. The molecule has 0 aromatic heterocycles. The fourth-order valence-corrected chi connectivity index (χ4v) is 3.56. The number of hydrogen-bond acceptors (Lipinski definition) is 5. The molecule has 1 heterocycles. The lowest BCUT2D eigenvalue weighted by Gasteiger charge is -2.32. The summed E-state index contributed by atoms with van der Waals surface area (Å²) in [6.07, 6.45) is -0.626. The minimum atomic E-state index is -0.494. The standard InChI is InChI=1S/C26H28N2O4/c29-26(27-23-11-13-24(14-12-23)31-19-22-9-5-2-6-10-22)32-20-25-18-28(15-16-30-25)17-21-7-3-1-4-8-21/h1-14,25H,15-20H2,(H,27,29). The van der Waals surface area contributed by atoms with E-state index < -0.39 is 6.09 Å². The lowest BCUT2D eigenvalue weighted by atomic mass is 10.2. The molecule has 1 unspecified atom stereocenters. The number of rotatable bonds is 8. The van der Waals surface area contributed by atoms with E-state index in [4.69, 9.17) is 14.2 Å². The molecular formula is C26H28N2O4. The van der Waals surface area contributed by atoms with Gasteiger partial charge in [0.2, 0.25) is 0 Å². The van der Waals surface area contributed by atoms with Crippen molar-refractivity contribution in [1.82, 2.24) is 4.90 Å². The van der Waals surface area contributed by atoms with Crippen molar-refractivity contribution in [3.63, 3.8) is 0 Å². The van der Waals surface area contributed by atoms with E-state index in [2.05, 4.69) is 22.3 Å². The highest BCUT2D eigenvalue weighted by atomic mass is 16.6. The van der Waals surface area contributed by atoms with Crippen LogP contribution in [-0.2, 0) is 22.6 Å². The molecule has 1 aliphatic heterocycles. The number of morpholine rings is 1. The molecule has 0 saturated carbocycles. The zero-order valence-electron chi connectivity index (χ0n) is 18.0. The van der Waals surface area contributed by atoms with E-state index in [-0.39, 0.29) is 12.7 Å². The molecule has 1 aliphatic rings. The molecule has 0 radical (unpaired) electrons. The summed E-state index contributed by atoms with van der Waals surface area (Å²) >= 11 is 0. The van der Waals surface area contributed by atoms with Crippen LogP contribution in [0.4, 0.5) is 10.5 Å². The van der Waals surface area contributed by atoms with Gasteiger partial charge in [0, 0.05) is 25.3 Å². The number of anilines is 1. The molecule has 0 spiro atoms. The van der Waals surface area contributed by atoms with Gasteiger partial charge in [-0.2, -0.15) is 0 Å². The van der Waals surface area contributed by atoms with E-state index >= 15 is 0 Å². The third kappa shape index (κ3) is 6.83. The maximum Gasteiger partial charge on any atom is 0.411 e. The van der Waals surface area contributed by atoms with Gasteiger partial charge in [-0.25, -0.2) is 4.79 Å². The lowest BCUT2D eigenvalue weighted by molar-refractivity contribution is -0.0564. The average molecular weight is 433 g/mol. The Kier molecular flexibility index (Phi) is 7.74. The second kappa shape index (κ2) is 11.3. The smallest absolute Gasteiger partial charge is 0.411 e. The Morgan fingerprint density at radius 3 is 2.34 bits per heavy atom. The quantitative estimate of drug-likeness (QED) is 0.558. The number of ether oxygens (including phenoxy) is 3. The summed E-state index contributed by atoms with van der Waals surface area (Å²) in [7, 11) is 0. The maximum absolute atomic E-state index is 12.2. The SMILES string of the molecule is O=C(Nc1ccc(OCc2ccccc2)cc1)OCC1CN(Cc2ccccc2)CCO1. The van der Waals surface area contributed by atoms with Gasteiger partial charge in [-0.15, -0.1) is 0 Å². The monoisotopic (exact) mass is 432 g/mol. The van der Waals surface area contributed by atoms with Gasteiger partial charge in [-0.05, 0) is 35.4 Å². The fourth-order valence-electron chi connectivity index (χ4n) is 3.56. The van der Waals surface area contributed by atoms with E-state index in [1.807, 2.05) is 60.7 Å². The van der Waals surface area contributed by atoms with Crippen LogP contribution in [0.2, 0.25) is 0 Å². The molecule has 0 aliphatic carbocycles. The first-order valence-corrected chi connectivity index (χ1v) is 10.8. The van der Waals surface area contributed by atoms with Gasteiger partial charge >= 0.3 is 6.09 Å². The number of nitrogens with zero attached hydrogens (tertiary/aromatic N) is 1. The van der Waals surface area contributed by atoms with E-state index in [0.29, 0.717) is 18.9 Å². The molecular weight excluding hydrogens is 404 g/mol. The van der Waals surface area contributed by atoms with Crippen molar-refractivity contribution < 1.29 is 19.0 Å². The molecule has 32 heavy (non-hydrogen) atoms. The summed E-state index contributed by atoms with van der Waals surface area (Å²) in [6.45, 7) is 3.82. The minimum absolute atomic E-state index is 0.132. The summed E-state index contributed by atoms with van der Waals surface area (Å²) in [5, 5.41) is 2.75. The third-order valence-corrected chi connectivity index (χ3v) is 5.22. The maximum atomic E-state index is 12.2. The van der Waals surface area contributed by atoms with Crippen LogP contribution >= 0.6 is 0 Å². The zero-order valence-corrected chi connectivity index (χ0v) is 18.0. The van der Waals surface area contributed by atoms with E-state index in [0.717, 1.165) is 30.9 Å². The molecule has 1 fully saturated rings. The third-order valence-electron chi connectivity index (χ3n) is 5.22. The van der Waals surface area contributed by atoms with Crippen molar-refractivity contribution in [3.05, 3.63) is 96.1 Å². The topological polar surface area (TPSA) is 60.0 Å². The summed E-state index contributed by atoms with van der Waals surface area (Å²) in [6, 6.07) is 27.5. The molecule has 1 atom stereocenters. The van der Waals surface area contributed by atoms with Crippen molar-refractivity contribution in [2.75, 3.05) is 31.6 Å². The Balaban J connectivity index is 1.18. The van der Waals surface area contributed by atoms with Gasteiger partial charge in [0.05, 0.1) is 6.61 Å². The number of carbonyl (C=O) groups is 1. The van der Waals surface area contributed by atoms with Gasteiger partial charge in [-0.1, -0.05) is 60.7 Å². The van der Waals surface area contributed by atoms with Crippen LogP contribution in [0.25, 0.3) is 0 Å². The van der Waals surface area contributed by atoms with Crippen LogP contribution in [0, 0.1) is 0 Å². The Morgan fingerprint density at radius 1 is 0.938 bits per heavy atom. The van der Waals surface area contributed by atoms with Crippen LogP contribution in [0.15, 0.2) is 84.9 Å². The van der Waals surface area contributed by atoms with E-state index in [1.54, 1.807) is 12.1 Å². The van der Waals surface area contributed by atoms with E-state index in [9.17, 15) is 4.79 Å². The predicted molar refractivity (Wildman–Crippen MR) is 124 cm³/mol. The van der Waals surface area contributed by atoms with Gasteiger partial charge in [0.25, 0.3) is 0 Å². The first-order chi connectivity index (χ1) is 15.7. The first kappa shape index (κ1) is 21.9. The first-order valence-electron chi connectivity index (χ1n) is 10.8. The Morgan fingerprint density at radius 2 is 1.62 bits per heavy atom. The fraction of sp³-hybridized carbons (Fsp3) is 0.269. The number of benzene rings is 3. The highest BCUT2D eigenvalue weighted by Gasteiger charge is 2.22. The lowest BCUT2D eigenvalue weighted by Crippen LogP contribution is -2.44. The van der Waals surface area contributed by atoms with Crippen LogP contribution in [0.1, 0.15) is 11.1 Å². The van der Waals surface area contributed by atoms with Crippen molar-refractivity contribution in [1.29, 1.82) is 0 Å². The molecule has 3 aromatic rings. The second-order valence-electron chi connectivity index (χ2n) is 7.74. The van der Waals surface area contributed by atoms with Crippen LogP contribution < -0.4 is 10.1 Å². The summed E-state index contributed by atoms with van der Waals surface area (Å²) in [5.41, 5.74) is 3.02. The number of amides is 1. The number of nitrogens with one attached hydrogen (secondary N) is 1. The summed E-state index contributed by atoms with van der Waals surface area (Å²) < 4.78 is 16.9. The van der Waals surface area contributed by atoms with Gasteiger partial charge < -0.3 is 14.2 Å². The molecule has 1 amide bonds. The number of hydrogen-bond donors (Lipinski definition) is 1. The second-order valence-corrected chi connectivity index (χ2v) is 7.74. The van der Waals surface area contributed by atoms with Crippen molar-refractivity contribution in [3.8, 4) is 5.75 Å². The highest BCUT2D eigenvalue weighted by molar-refractivity contribution is 5.84. The zero-order chi connectivity index (χ0) is 22.0. The molecule has 3 aromatic carbocycles. The average Bonchev–Trinajstić information content (AvgIpc) is 2.84. The van der Waals surface area contributed by atoms with E-state index in [1.165, 1.54) is 5.56 Å². The molecule has 166 valence electrons. The molecule has 6 nitrogen and oxygen atoms in total. The van der Waals surface area contributed by atoms with Crippen molar-refractivity contribution >= 4 is 11.8 Å². The van der Waals surface area contributed by atoms with Gasteiger partial charge in [0.15, 0.2) is 0 Å². The summed E-state index contributed by atoms with van der Waals surface area (Å²) in [5.74, 6) is 0.738. The van der Waals surface area contributed by atoms with Crippen molar-refractivity contribution in [2.24, 2.45) is 0 Å². The minimum Gasteiger partial charge on any atom is -0.489 e. The molecule has 0 bridgehead atoms. The van der Waals surface area contributed by atoms with Crippen molar-refractivity contribution in [2.45, 2.75) is 19.3 Å². The van der Waals surface area contributed by atoms with Gasteiger partial charge in [-0.3, -0.25) is 10.2 Å². The molecule has 1 saturated heterocycles.